The molecule has 0 radical (unpaired) electrons. The average molecular weight is 430 g/mol. The monoisotopic (exact) mass is 429 g/mol. The van der Waals surface area contributed by atoms with Crippen molar-refractivity contribution in [3.8, 4) is 5.69 Å². The zero-order chi connectivity index (χ0) is 20.6. The Morgan fingerprint density at radius 2 is 1.83 bits per heavy atom. The molecule has 0 saturated carbocycles. The number of sulfone groups is 1. The Morgan fingerprint density at radius 1 is 1.14 bits per heavy atom. The lowest BCUT2D eigenvalue weighted by molar-refractivity contribution is -0.117. The van der Waals surface area contributed by atoms with Crippen molar-refractivity contribution >= 4 is 33.2 Å². The molecule has 0 unspecified atom stereocenters. The molecule has 0 bridgehead atoms. The molecular formula is C21H20ClN3O3S. The van der Waals surface area contributed by atoms with E-state index in [2.05, 4.69) is 10.4 Å². The summed E-state index contributed by atoms with van der Waals surface area (Å²) in [7, 11) is -3.25. The molecule has 4 rings (SSSR count). The molecule has 8 heteroatoms. The van der Waals surface area contributed by atoms with Gasteiger partial charge >= 0.3 is 0 Å². The number of rotatable bonds is 5. The van der Waals surface area contributed by atoms with Gasteiger partial charge in [0.15, 0.2) is 9.84 Å². The highest BCUT2D eigenvalue weighted by Gasteiger charge is 2.34. The topological polar surface area (TPSA) is 81.1 Å². The van der Waals surface area contributed by atoms with E-state index in [1.807, 2.05) is 37.3 Å². The van der Waals surface area contributed by atoms with Gasteiger partial charge in [0.05, 0.1) is 28.8 Å². The normalized spacial score (nSPS) is 15.7. The molecule has 0 saturated heterocycles. The number of carbonyl (C=O) groups is 1. The van der Waals surface area contributed by atoms with Crippen LogP contribution in [0.1, 0.15) is 36.1 Å². The Balaban J connectivity index is 1.74. The van der Waals surface area contributed by atoms with E-state index in [1.165, 1.54) is 0 Å². The minimum Gasteiger partial charge on any atom is -0.310 e. The van der Waals surface area contributed by atoms with Crippen molar-refractivity contribution in [2.45, 2.75) is 30.8 Å². The van der Waals surface area contributed by atoms with Crippen molar-refractivity contribution in [3.05, 3.63) is 76.4 Å². The van der Waals surface area contributed by atoms with Gasteiger partial charge in [0.1, 0.15) is 5.82 Å². The number of halogens is 1. The number of hydrogen-bond donors (Lipinski definition) is 1. The quantitative estimate of drug-likeness (QED) is 0.662. The van der Waals surface area contributed by atoms with Gasteiger partial charge in [-0.2, -0.15) is 5.10 Å². The van der Waals surface area contributed by atoms with E-state index in [0.717, 1.165) is 5.56 Å². The van der Waals surface area contributed by atoms with Crippen LogP contribution in [0.25, 0.3) is 5.69 Å². The van der Waals surface area contributed by atoms with Crippen LogP contribution in [0.4, 0.5) is 5.82 Å². The lowest BCUT2D eigenvalue weighted by atomic mass is 9.95. The zero-order valence-electron chi connectivity index (χ0n) is 15.8. The first-order chi connectivity index (χ1) is 13.9. The summed E-state index contributed by atoms with van der Waals surface area (Å²) in [6.07, 6.45) is 0.616. The minimum atomic E-state index is -3.25. The van der Waals surface area contributed by atoms with Gasteiger partial charge in [-0.3, -0.25) is 4.79 Å². The molecule has 0 aliphatic carbocycles. The highest BCUT2D eigenvalue weighted by Crippen LogP contribution is 2.34. The lowest BCUT2D eigenvalue weighted by Crippen LogP contribution is -2.23. The molecule has 0 fully saturated rings. The van der Waals surface area contributed by atoms with E-state index in [9.17, 15) is 13.2 Å². The van der Waals surface area contributed by atoms with Crippen LogP contribution in [0, 0.1) is 0 Å². The van der Waals surface area contributed by atoms with Crippen molar-refractivity contribution in [1.82, 2.24) is 9.78 Å². The summed E-state index contributed by atoms with van der Waals surface area (Å²) in [5.41, 5.74) is 2.64. The molecule has 1 aliphatic heterocycles. The third kappa shape index (κ3) is 3.93. The average Bonchev–Trinajstić information content (AvgIpc) is 3.16. The Morgan fingerprint density at radius 3 is 2.48 bits per heavy atom. The minimum absolute atomic E-state index is 0.123. The predicted molar refractivity (Wildman–Crippen MR) is 113 cm³/mol. The van der Waals surface area contributed by atoms with E-state index < -0.39 is 9.84 Å². The second-order valence-corrected chi connectivity index (χ2v) is 9.56. The van der Waals surface area contributed by atoms with Crippen LogP contribution in [-0.4, -0.2) is 24.1 Å². The third-order valence-electron chi connectivity index (χ3n) is 5.03. The van der Waals surface area contributed by atoms with Crippen LogP contribution in [0.2, 0.25) is 5.02 Å². The van der Waals surface area contributed by atoms with Crippen molar-refractivity contribution in [1.29, 1.82) is 0 Å². The van der Waals surface area contributed by atoms with Crippen LogP contribution < -0.4 is 5.32 Å². The van der Waals surface area contributed by atoms with Gasteiger partial charge in [-0.25, -0.2) is 13.1 Å². The van der Waals surface area contributed by atoms with Crippen molar-refractivity contribution < 1.29 is 13.2 Å². The summed E-state index contributed by atoms with van der Waals surface area (Å²) in [5.74, 6) is -0.392. The summed E-state index contributed by atoms with van der Waals surface area (Å²) in [5, 5.41) is 8.01. The lowest BCUT2D eigenvalue weighted by Gasteiger charge is -2.17. The van der Waals surface area contributed by atoms with Crippen molar-refractivity contribution in [2.24, 2.45) is 0 Å². The second-order valence-electron chi connectivity index (χ2n) is 7.06. The van der Waals surface area contributed by atoms with Crippen LogP contribution in [0.5, 0.6) is 0 Å². The molecular weight excluding hydrogens is 410 g/mol. The molecule has 1 amide bonds. The molecule has 29 heavy (non-hydrogen) atoms. The van der Waals surface area contributed by atoms with Gasteiger partial charge in [-0.05, 0) is 36.2 Å². The maximum atomic E-state index is 13.1. The standard InChI is InChI=1S/C21H20ClN3O3S/c1-2-17(14-6-4-3-5-7-14)21(26)23-20-18-12-29(27,28)13-19(18)24-25(20)16-10-8-15(22)9-11-16/h3-11,17H,2,12-13H2,1H3,(H,23,26)/t17-/m1/s1. The summed E-state index contributed by atoms with van der Waals surface area (Å²) < 4.78 is 25.8. The number of hydrogen-bond acceptors (Lipinski definition) is 4. The first-order valence-corrected chi connectivity index (χ1v) is 11.5. The second kappa shape index (κ2) is 7.65. The van der Waals surface area contributed by atoms with Crippen LogP contribution >= 0.6 is 11.6 Å². The van der Waals surface area contributed by atoms with Crippen molar-refractivity contribution in [2.75, 3.05) is 5.32 Å². The highest BCUT2D eigenvalue weighted by atomic mass is 35.5. The molecule has 0 spiro atoms. The summed E-state index contributed by atoms with van der Waals surface area (Å²) in [4.78, 5) is 13.1. The first kappa shape index (κ1) is 19.7. The van der Waals surface area contributed by atoms with Gasteiger partial charge in [0, 0.05) is 10.6 Å². The largest absolute Gasteiger partial charge is 0.310 e. The third-order valence-corrected chi connectivity index (χ3v) is 6.72. The summed E-state index contributed by atoms with van der Waals surface area (Å²) in [6.45, 7) is 1.95. The Labute approximate surface area is 174 Å². The number of fused-ring (bicyclic) bond motifs is 1. The van der Waals surface area contributed by atoms with Gasteiger partial charge < -0.3 is 5.32 Å². The fraction of sp³-hybridized carbons (Fsp3) is 0.238. The van der Waals surface area contributed by atoms with Gasteiger partial charge in [0.25, 0.3) is 0 Å². The van der Waals surface area contributed by atoms with E-state index >= 15 is 0 Å². The molecule has 3 aromatic rings. The number of amides is 1. The predicted octanol–water partition coefficient (Wildman–Crippen LogP) is 4.09. The first-order valence-electron chi connectivity index (χ1n) is 9.31. The Hall–Kier alpha value is -2.64. The maximum Gasteiger partial charge on any atom is 0.233 e. The van der Waals surface area contributed by atoms with Crippen LogP contribution in [0.15, 0.2) is 54.6 Å². The zero-order valence-corrected chi connectivity index (χ0v) is 17.4. The molecule has 6 nitrogen and oxygen atoms in total. The van der Waals surface area contributed by atoms with E-state index in [0.29, 0.717) is 34.2 Å². The Bertz CT molecular complexity index is 1160. The fourth-order valence-electron chi connectivity index (χ4n) is 3.60. The summed E-state index contributed by atoms with van der Waals surface area (Å²) >= 11 is 5.99. The van der Waals surface area contributed by atoms with E-state index in [-0.39, 0.29) is 23.3 Å². The smallest absolute Gasteiger partial charge is 0.233 e. The van der Waals surface area contributed by atoms with Crippen molar-refractivity contribution in [3.63, 3.8) is 0 Å². The molecule has 1 atom stereocenters. The Kier molecular flexibility index (Phi) is 5.19. The number of nitrogens with zero attached hydrogens (tertiary/aromatic N) is 2. The molecule has 1 aromatic heterocycles. The van der Waals surface area contributed by atoms with Crippen LogP contribution in [0.3, 0.4) is 0 Å². The molecule has 2 aromatic carbocycles. The maximum absolute atomic E-state index is 13.1. The van der Waals surface area contributed by atoms with Gasteiger partial charge in [-0.15, -0.1) is 0 Å². The van der Waals surface area contributed by atoms with Gasteiger partial charge in [0.2, 0.25) is 5.91 Å². The molecule has 1 N–H and O–H groups in total. The highest BCUT2D eigenvalue weighted by molar-refractivity contribution is 7.90. The fourth-order valence-corrected chi connectivity index (χ4v) is 5.22. The molecule has 1 aliphatic rings. The SMILES string of the molecule is CC[C@@H](C(=O)Nc1c2c(nn1-c1ccc(Cl)cc1)CS(=O)(=O)C2)c1ccccc1. The molecule has 2 heterocycles. The number of anilines is 1. The van der Waals surface area contributed by atoms with Gasteiger partial charge in [-0.1, -0.05) is 48.9 Å². The van der Waals surface area contributed by atoms with Crippen LogP contribution in [-0.2, 0) is 26.1 Å². The number of carbonyl (C=O) groups excluding carboxylic acids is 1. The summed E-state index contributed by atoms with van der Waals surface area (Å²) in [6, 6.07) is 16.5. The molecule has 150 valence electrons. The number of benzene rings is 2. The number of nitrogens with one attached hydrogen (secondary N) is 1. The van der Waals surface area contributed by atoms with E-state index in [4.69, 9.17) is 11.6 Å². The number of aromatic nitrogens is 2. The van der Waals surface area contributed by atoms with E-state index in [1.54, 1.807) is 28.9 Å².